The van der Waals surface area contributed by atoms with Crippen LogP contribution in [0, 0.1) is 0 Å². The maximum absolute atomic E-state index is 13.0. The number of para-hydroxylation sites is 1. The topological polar surface area (TPSA) is 86.3 Å². The molecule has 4 rings (SSSR count). The van der Waals surface area contributed by atoms with E-state index in [-0.39, 0.29) is 11.5 Å². The fourth-order valence-electron chi connectivity index (χ4n) is 2.83. The van der Waals surface area contributed by atoms with Crippen LogP contribution in [0.15, 0.2) is 52.2 Å². The third-order valence-electron chi connectivity index (χ3n) is 4.12. The average Bonchev–Trinajstić information content (AvgIpc) is 3.39. The van der Waals surface area contributed by atoms with E-state index in [2.05, 4.69) is 9.97 Å². The number of sulfonamides is 1. The molecule has 0 aliphatic rings. The zero-order chi connectivity index (χ0) is 18.3. The minimum Gasteiger partial charge on any atom is -0.391 e. The lowest BCUT2D eigenvalue weighted by Crippen LogP contribution is -2.27. The molecule has 0 saturated heterocycles. The molecule has 134 valence electrons. The molecule has 0 atom stereocenters. The van der Waals surface area contributed by atoms with Crippen molar-refractivity contribution in [2.24, 2.45) is 0 Å². The molecule has 0 unspecified atom stereocenters. The van der Waals surface area contributed by atoms with Gasteiger partial charge >= 0.3 is 0 Å². The second-order valence-corrected chi connectivity index (χ2v) is 9.43. The van der Waals surface area contributed by atoms with E-state index in [0.29, 0.717) is 10.6 Å². The third-order valence-corrected chi connectivity index (χ3v) is 7.82. The first-order chi connectivity index (χ1) is 12.5. The van der Waals surface area contributed by atoms with Crippen molar-refractivity contribution in [2.75, 3.05) is 11.4 Å². The summed E-state index contributed by atoms with van der Waals surface area (Å²) in [7, 11) is -2.26. The number of aliphatic hydroxyl groups is 1. The summed E-state index contributed by atoms with van der Waals surface area (Å²) in [5.74, 6) is 0. The van der Waals surface area contributed by atoms with Crippen molar-refractivity contribution in [3.05, 3.63) is 52.2 Å². The first kappa shape index (κ1) is 17.2. The van der Waals surface area contributed by atoms with E-state index in [1.54, 1.807) is 17.6 Å². The van der Waals surface area contributed by atoms with Crippen LogP contribution in [-0.2, 0) is 16.6 Å². The van der Waals surface area contributed by atoms with Gasteiger partial charge in [0.05, 0.1) is 28.4 Å². The van der Waals surface area contributed by atoms with Gasteiger partial charge in [-0.3, -0.25) is 4.31 Å². The van der Waals surface area contributed by atoms with E-state index in [1.807, 2.05) is 23.6 Å². The normalized spacial score (nSPS) is 11.9. The fraction of sp³-hybridized carbons (Fsp3) is 0.118. The van der Waals surface area contributed by atoms with Gasteiger partial charge in [0.2, 0.25) is 0 Å². The molecule has 9 heteroatoms. The van der Waals surface area contributed by atoms with Gasteiger partial charge in [-0.05, 0) is 23.6 Å². The molecular weight excluding hydrogens is 390 g/mol. The van der Waals surface area contributed by atoms with Crippen LogP contribution in [-0.4, -0.2) is 30.5 Å². The number of hydrogen-bond acceptors (Lipinski definition) is 6. The summed E-state index contributed by atoms with van der Waals surface area (Å²) in [6, 6.07) is 8.99. The molecule has 2 N–H and O–H groups in total. The Balaban J connectivity index is 1.83. The number of H-pyrrole nitrogens is 1. The standard InChI is InChI=1S/C17H15N3O3S3/c1-20(26(22,23)15-5-7-24-14(15)10-21)13-4-2-3-11-9-12(19-16(11)13)17-18-6-8-25-17/h2-9,19,21H,10H2,1H3. The van der Waals surface area contributed by atoms with Crippen molar-refractivity contribution >= 4 is 49.3 Å². The number of rotatable bonds is 5. The van der Waals surface area contributed by atoms with Crippen molar-refractivity contribution in [3.63, 3.8) is 0 Å². The number of nitrogens with zero attached hydrogens (tertiary/aromatic N) is 2. The van der Waals surface area contributed by atoms with Gasteiger partial charge < -0.3 is 10.1 Å². The highest BCUT2D eigenvalue weighted by Gasteiger charge is 2.26. The lowest BCUT2D eigenvalue weighted by atomic mass is 10.2. The highest BCUT2D eigenvalue weighted by atomic mass is 32.2. The molecule has 0 radical (unpaired) electrons. The van der Waals surface area contributed by atoms with Crippen molar-refractivity contribution in [2.45, 2.75) is 11.5 Å². The minimum absolute atomic E-state index is 0.135. The summed E-state index contributed by atoms with van der Waals surface area (Å²) < 4.78 is 27.3. The molecule has 3 aromatic heterocycles. The van der Waals surface area contributed by atoms with Crippen molar-refractivity contribution in [3.8, 4) is 10.7 Å². The Morgan fingerprint density at radius 3 is 2.81 bits per heavy atom. The van der Waals surface area contributed by atoms with Crippen LogP contribution < -0.4 is 4.31 Å². The predicted molar refractivity (Wildman–Crippen MR) is 105 cm³/mol. The van der Waals surface area contributed by atoms with E-state index in [0.717, 1.165) is 21.6 Å². The molecule has 3 heterocycles. The number of aromatic nitrogens is 2. The first-order valence-electron chi connectivity index (χ1n) is 7.70. The number of aromatic amines is 1. The van der Waals surface area contributed by atoms with E-state index >= 15 is 0 Å². The summed E-state index contributed by atoms with van der Waals surface area (Å²) in [6.45, 7) is -0.305. The molecule has 0 saturated carbocycles. The number of hydrogen-bond donors (Lipinski definition) is 2. The highest BCUT2D eigenvalue weighted by molar-refractivity contribution is 7.93. The zero-order valence-corrected chi connectivity index (χ0v) is 16.2. The molecule has 26 heavy (non-hydrogen) atoms. The van der Waals surface area contributed by atoms with E-state index in [4.69, 9.17) is 0 Å². The first-order valence-corrected chi connectivity index (χ1v) is 10.9. The van der Waals surface area contributed by atoms with Crippen LogP contribution in [0.3, 0.4) is 0 Å². The van der Waals surface area contributed by atoms with Crippen LogP contribution >= 0.6 is 22.7 Å². The molecule has 0 bridgehead atoms. The summed E-state index contributed by atoms with van der Waals surface area (Å²) in [4.78, 5) is 8.15. The molecule has 0 aliphatic heterocycles. The monoisotopic (exact) mass is 405 g/mol. The number of aliphatic hydroxyl groups excluding tert-OH is 1. The molecule has 0 fully saturated rings. The summed E-state index contributed by atoms with van der Waals surface area (Å²) in [6.07, 6.45) is 1.73. The van der Waals surface area contributed by atoms with Gasteiger partial charge in [-0.2, -0.15) is 0 Å². The van der Waals surface area contributed by atoms with Gasteiger partial charge in [0, 0.05) is 24.0 Å². The van der Waals surface area contributed by atoms with Crippen molar-refractivity contribution in [1.29, 1.82) is 0 Å². The Kier molecular flexibility index (Phi) is 4.31. The van der Waals surface area contributed by atoms with Crippen LogP contribution in [0.2, 0.25) is 0 Å². The molecule has 6 nitrogen and oxygen atoms in total. The SMILES string of the molecule is CN(c1cccc2cc(-c3nccs3)[nH]c12)S(=O)(=O)c1ccsc1CO. The predicted octanol–water partition coefficient (Wildman–Crippen LogP) is 3.67. The van der Waals surface area contributed by atoms with Crippen LogP contribution in [0.4, 0.5) is 5.69 Å². The number of benzene rings is 1. The lowest BCUT2D eigenvalue weighted by molar-refractivity contribution is 0.282. The smallest absolute Gasteiger partial charge is 0.265 e. The van der Waals surface area contributed by atoms with Gasteiger partial charge in [-0.1, -0.05) is 12.1 Å². The Morgan fingerprint density at radius 2 is 2.08 bits per heavy atom. The molecule has 0 spiro atoms. The van der Waals surface area contributed by atoms with E-state index in [9.17, 15) is 13.5 Å². The average molecular weight is 406 g/mol. The maximum Gasteiger partial charge on any atom is 0.265 e. The Morgan fingerprint density at radius 1 is 1.23 bits per heavy atom. The van der Waals surface area contributed by atoms with Crippen LogP contribution in [0.5, 0.6) is 0 Å². The number of fused-ring (bicyclic) bond motifs is 1. The van der Waals surface area contributed by atoms with Gasteiger partial charge in [-0.25, -0.2) is 13.4 Å². The number of thiazole rings is 1. The number of nitrogens with one attached hydrogen (secondary N) is 1. The second-order valence-electron chi connectivity index (χ2n) is 5.60. The van der Waals surface area contributed by atoms with Crippen LogP contribution in [0.1, 0.15) is 4.88 Å². The molecular formula is C17H15N3O3S3. The van der Waals surface area contributed by atoms with Gasteiger partial charge in [0.15, 0.2) is 0 Å². The Hall–Kier alpha value is -2.20. The Bertz CT molecular complexity index is 1160. The number of thiophene rings is 1. The zero-order valence-electron chi connectivity index (χ0n) is 13.7. The highest BCUT2D eigenvalue weighted by Crippen LogP contribution is 2.34. The molecule has 0 amide bonds. The van der Waals surface area contributed by atoms with Gasteiger partial charge in [-0.15, -0.1) is 22.7 Å². The summed E-state index contributed by atoms with van der Waals surface area (Å²) in [5, 5.41) is 14.7. The van der Waals surface area contributed by atoms with Gasteiger partial charge in [0.25, 0.3) is 10.0 Å². The number of anilines is 1. The second kappa shape index (κ2) is 6.51. The van der Waals surface area contributed by atoms with Crippen LogP contribution in [0.25, 0.3) is 21.6 Å². The lowest BCUT2D eigenvalue weighted by Gasteiger charge is -2.20. The summed E-state index contributed by atoms with van der Waals surface area (Å²) in [5.41, 5.74) is 2.12. The van der Waals surface area contributed by atoms with E-state index in [1.165, 1.54) is 40.1 Å². The Labute approximate surface area is 158 Å². The largest absolute Gasteiger partial charge is 0.391 e. The van der Waals surface area contributed by atoms with E-state index < -0.39 is 10.0 Å². The quantitative estimate of drug-likeness (QED) is 0.530. The van der Waals surface area contributed by atoms with Gasteiger partial charge in [0.1, 0.15) is 9.90 Å². The molecule has 1 aromatic carbocycles. The van der Waals surface area contributed by atoms with Crippen molar-refractivity contribution < 1.29 is 13.5 Å². The summed E-state index contributed by atoms with van der Waals surface area (Å²) >= 11 is 2.74. The fourth-order valence-corrected chi connectivity index (χ4v) is 5.91. The maximum atomic E-state index is 13.0. The minimum atomic E-state index is -3.78. The molecule has 0 aliphatic carbocycles. The molecule has 4 aromatic rings. The van der Waals surface area contributed by atoms with Crippen molar-refractivity contribution in [1.82, 2.24) is 9.97 Å². The third kappa shape index (κ3) is 2.73.